The first kappa shape index (κ1) is 135. The van der Waals surface area contributed by atoms with Crippen molar-refractivity contribution in [3.8, 4) is 0 Å². The standard InChI is InChI=1S/C26H55N.C18H39N.2C16H35N.C12H27N.C10H23N.C8H19N.C6H15N/c1-3-5-7-9-11-13-15-17-19-21-23-25-27-26-24-22-20-18-16-14-12-10-8-6-4-2;1-2-3-4-5-6-7-8-9-10-11-12-13-14-15-16-17-18-19;1-5-9-11-15(7-3)13-17-14-16(8-4)12-10-6-2;1-2-3-4-5-6-7-8-9-10-11-12-13-14-15-16-17;1-2-3-4-5-6-7-8-9-10-11-12-13;1-2-3-4-5-6-7-8-9-10-11;1-2-3-4-5-6-7-8-9;1-2-3-4-5-6-7/h27H,3-26H2,1-2H3;2-19H2,1H3;15-17H,5-14H2,1-4H3;2-17H2,1H3;2-13H2,1H3;2-11H2,1H3;2-9H2,1H3;2-7H2,1H3. The quantitative estimate of drug-likeness (QED) is 0.0277. The van der Waals surface area contributed by atoms with Gasteiger partial charge < -0.3 is 45.0 Å². The van der Waals surface area contributed by atoms with Crippen molar-refractivity contribution in [3.63, 3.8) is 0 Å². The first-order chi connectivity index (χ1) is 59.2. The SMILES string of the molecule is CCCCC(CC)CNCC(CC)CCCC.CCCCCCCCCCCCCCCCCCN.CCCCCCCCCCCCCCCCN.CCCCCCCCCCCCCNCCCCCCCCCCCCC.CCCCCCCCCCCCN.CCCCCCCCCCN.CCCCCCCCN.CCCCCCN. The fourth-order valence-corrected chi connectivity index (χ4v) is 15.8. The van der Waals surface area contributed by atoms with Crippen molar-refractivity contribution in [1.82, 2.24) is 10.6 Å². The lowest BCUT2D eigenvalue weighted by Crippen LogP contribution is -2.28. The van der Waals surface area contributed by atoms with Gasteiger partial charge in [-0.3, -0.25) is 0 Å². The van der Waals surface area contributed by atoms with E-state index in [9.17, 15) is 0 Å². The zero-order valence-electron chi connectivity index (χ0n) is 86.9. The van der Waals surface area contributed by atoms with E-state index in [1.165, 1.54) is 591 Å². The molecule has 0 fully saturated rings. The van der Waals surface area contributed by atoms with E-state index in [1.807, 2.05) is 0 Å². The molecule has 0 aromatic carbocycles. The largest absolute Gasteiger partial charge is 0.330 e. The summed E-state index contributed by atoms with van der Waals surface area (Å²) in [4.78, 5) is 0. The summed E-state index contributed by atoms with van der Waals surface area (Å²) in [5.74, 6) is 1.80. The topological polar surface area (TPSA) is 180 Å². The van der Waals surface area contributed by atoms with Crippen LogP contribution in [-0.2, 0) is 0 Å². The molecule has 2 atom stereocenters. The zero-order valence-corrected chi connectivity index (χ0v) is 86.9. The van der Waals surface area contributed by atoms with E-state index in [0.717, 1.165) is 51.1 Å². The van der Waals surface area contributed by atoms with Crippen LogP contribution in [0.4, 0.5) is 0 Å². The van der Waals surface area contributed by atoms with Crippen LogP contribution in [0.3, 0.4) is 0 Å². The van der Waals surface area contributed by atoms with Crippen LogP contribution in [0.1, 0.15) is 648 Å². The van der Waals surface area contributed by atoms with Gasteiger partial charge in [-0.15, -0.1) is 0 Å². The highest BCUT2D eigenvalue weighted by molar-refractivity contribution is 4.66. The smallest absolute Gasteiger partial charge is 0.00205 e. The normalized spacial score (nSPS) is 11.3. The van der Waals surface area contributed by atoms with Crippen LogP contribution in [0.15, 0.2) is 0 Å². The molecule has 0 saturated carbocycles. The summed E-state index contributed by atoms with van der Waals surface area (Å²) < 4.78 is 0. The fraction of sp³-hybridized carbons (Fsp3) is 1.00. The minimum atomic E-state index is 0.861. The van der Waals surface area contributed by atoms with Crippen LogP contribution in [0.2, 0.25) is 0 Å². The van der Waals surface area contributed by atoms with Crippen LogP contribution >= 0.6 is 0 Å². The van der Waals surface area contributed by atoms with Gasteiger partial charge in [0.05, 0.1) is 0 Å². The Morgan fingerprint density at radius 2 is 0.250 bits per heavy atom. The van der Waals surface area contributed by atoms with Crippen LogP contribution in [0.25, 0.3) is 0 Å². The summed E-state index contributed by atoms with van der Waals surface area (Å²) in [5.41, 5.74) is 32.4. The van der Waals surface area contributed by atoms with Gasteiger partial charge in [0.2, 0.25) is 0 Å². The van der Waals surface area contributed by atoms with E-state index in [0.29, 0.717) is 0 Å². The van der Waals surface area contributed by atoms with Crippen LogP contribution in [-0.4, -0.2) is 65.4 Å². The molecule has 2 unspecified atom stereocenters. The summed E-state index contributed by atoms with van der Waals surface area (Å²) in [5, 5.41) is 7.35. The molecule has 0 aliphatic heterocycles. The van der Waals surface area contributed by atoms with Crippen molar-refractivity contribution in [3.05, 3.63) is 0 Å². The highest BCUT2D eigenvalue weighted by atomic mass is 14.9. The van der Waals surface area contributed by atoms with E-state index in [1.54, 1.807) is 0 Å². The minimum absolute atomic E-state index is 0.861. The van der Waals surface area contributed by atoms with E-state index in [4.69, 9.17) is 34.4 Å². The Kier molecular flexibility index (Phi) is 166. The van der Waals surface area contributed by atoms with Gasteiger partial charge >= 0.3 is 0 Å². The zero-order chi connectivity index (χ0) is 89.9. The Morgan fingerprint density at radius 1 is 0.133 bits per heavy atom. The maximum atomic E-state index is 5.48. The van der Waals surface area contributed by atoms with Crippen molar-refractivity contribution in [2.24, 2.45) is 46.2 Å². The first-order valence-electron chi connectivity index (χ1n) is 56.8. The molecule has 0 aromatic heterocycles. The predicted octanol–water partition coefficient (Wildman–Crippen LogP) is 36.6. The molecule has 0 aromatic rings. The molecule has 0 aliphatic rings. The highest BCUT2D eigenvalue weighted by Crippen LogP contribution is 2.20. The molecular weight excluding hydrogens is 1460 g/mol. The number of hydrogen-bond acceptors (Lipinski definition) is 8. The second kappa shape index (κ2) is 147. The summed E-state index contributed by atoms with van der Waals surface area (Å²) in [6, 6.07) is 0. The van der Waals surface area contributed by atoms with Crippen molar-refractivity contribution >= 4 is 0 Å². The second-order valence-corrected chi connectivity index (χ2v) is 37.4. The number of unbranched alkanes of at least 4 members (excludes halogenated alkanes) is 74. The maximum Gasteiger partial charge on any atom is -0.00205 e. The number of nitrogens with one attached hydrogen (secondary N) is 2. The van der Waals surface area contributed by atoms with E-state index in [2.05, 4.69) is 93.7 Å². The molecule has 0 spiro atoms. The monoisotopic (exact) mass is 1710 g/mol. The third kappa shape index (κ3) is 161. The third-order valence-electron chi connectivity index (χ3n) is 24.7. The van der Waals surface area contributed by atoms with Crippen LogP contribution in [0.5, 0.6) is 0 Å². The van der Waals surface area contributed by atoms with Gasteiger partial charge in [-0.05, 0) is 141 Å². The van der Waals surface area contributed by atoms with Gasteiger partial charge in [-0.2, -0.15) is 0 Å². The Balaban J connectivity index is -0.000000205. The molecule has 14 N–H and O–H groups in total. The van der Waals surface area contributed by atoms with Crippen molar-refractivity contribution in [2.75, 3.05) is 65.4 Å². The molecule has 120 heavy (non-hydrogen) atoms. The maximum absolute atomic E-state index is 5.48. The van der Waals surface area contributed by atoms with Gasteiger partial charge in [-0.1, -0.05) is 584 Å². The van der Waals surface area contributed by atoms with Gasteiger partial charge in [0, 0.05) is 0 Å². The molecule has 0 amide bonds. The lowest BCUT2D eigenvalue weighted by molar-refractivity contribution is 0.372. The van der Waals surface area contributed by atoms with Gasteiger partial charge in [-0.25, -0.2) is 0 Å². The average molecular weight is 1710 g/mol. The van der Waals surface area contributed by atoms with Crippen molar-refractivity contribution in [2.45, 2.75) is 648 Å². The number of rotatable bonds is 94. The molecule has 0 heterocycles. The van der Waals surface area contributed by atoms with Gasteiger partial charge in [0.25, 0.3) is 0 Å². The Labute approximate surface area is 765 Å². The summed E-state index contributed by atoms with van der Waals surface area (Å²) in [6.45, 7) is 37.6. The van der Waals surface area contributed by atoms with Crippen LogP contribution in [0, 0.1) is 11.8 Å². The molecule has 0 aliphatic carbocycles. The Morgan fingerprint density at radius 3 is 0.375 bits per heavy atom. The van der Waals surface area contributed by atoms with Crippen LogP contribution < -0.4 is 45.0 Å². The lowest BCUT2D eigenvalue weighted by Gasteiger charge is -2.19. The molecule has 0 radical (unpaired) electrons. The molecule has 0 saturated heterocycles. The minimum Gasteiger partial charge on any atom is -0.330 e. The predicted molar refractivity (Wildman–Crippen MR) is 561 cm³/mol. The summed E-state index contributed by atoms with van der Waals surface area (Å²) >= 11 is 0. The van der Waals surface area contributed by atoms with E-state index < -0.39 is 0 Å². The average Bonchev–Trinajstić information content (AvgIpc) is 0.990. The first-order valence-corrected chi connectivity index (χ1v) is 56.8. The van der Waals surface area contributed by atoms with E-state index >= 15 is 0 Å². The molecule has 736 valence electrons. The molecule has 0 rings (SSSR count). The highest BCUT2D eigenvalue weighted by Gasteiger charge is 2.09. The van der Waals surface area contributed by atoms with Crippen molar-refractivity contribution in [1.29, 1.82) is 0 Å². The summed E-state index contributed by atoms with van der Waals surface area (Å²) in [7, 11) is 0. The molecule has 0 bridgehead atoms. The van der Waals surface area contributed by atoms with Crippen molar-refractivity contribution < 1.29 is 0 Å². The van der Waals surface area contributed by atoms with E-state index in [-0.39, 0.29) is 0 Å². The molecule has 8 heteroatoms. The Hall–Kier alpha value is -0.320. The Bertz CT molecular complexity index is 1370. The number of nitrogens with two attached hydrogens (primary N) is 6. The van der Waals surface area contributed by atoms with Gasteiger partial charge in [0.1, 0.15) is 0 Å². The molecular formula is C112H248N8. The summed E-state index contributed by atoms with van der Waals surface area (Å²) in [6.07, 6.45) is 124. The van der Waals surface area contributed by atoms with Gasteiger partial charge in [0.15, 0.2) is 0 Å². The molecule has 8 nitrogen and oxygen atoms in total. The lowest BCUT2D eigenvalue weighted by atomic mass is 9.97. The third-order valence-corrected chi connectivity index (χ3v) is 24.7. The number of hydrogen-bond donors (Lipinski definition) is 8. The second-order valence-electron chi connectivity index (χ2n) is 37.4. The fourth-order valence-electron chi connectivity index (χ4n) is 15.8.